The molecule has 2 N–H and O–H groups in total. The number of halogens is 1. The van der Waals surface area contributed by atoms with Crippen LogP contribution in [0.1, 0.15) is 6.42 Å². The Bertz CT molecular complexity index is 447. The molecule has 1 atom stereocenters. The van der Waals surface area contributed by atoms with Crippen LogP contribution in [0.2, 0.25) is 0 Å². The number of hydrogen-bond acceptors (Lipinski definition) is 3. The molecule has 96 valence electrons. The van der Waals surface area contributed by atoms with Crippen LogP contribution >= 0.6 is 15.9 Å². The van der Waals surface area contributed by atoms with Gasteiger partial charge < -0.3 is 15.4 Å². The van der Waals surface area contributed by atoms with Gasteiger partial charge in [-0.05, 0) is 30.7 Å². The predicted octanol–water partition coefficient (Wildman–Crippen LogP) is 0.833. The summed E-state index contributed by atoms with van der Waals surface area (Å²) >= 11 is 3.31. The van der Waals surface area contributed by atoms with Gasteiger partial charge in [0, 0.05) is 11.0 Å². The quantitative estimate of drug-likeness (QED) is 0.865. The van der Waals surface area contributed by atoms with E-state index >= 15 is 0 Å². The van der Waals surface area contributed by atoms with Gasteiger partial charge in [-0.25, -0.2) is 0 Å². The van der Waals surface area contributed by atoms with Crippen molar-refractivity contribution in [2.45, 2.75) is 12.5 Å². The van der Waals surface area contributed by atoms with Crippen LogP contribution in [0, 0.1) is 0 Å². The lowest BCUT2D eigenvalue weighted by Crippen LogP contribution is -2.42. The highest BCUT2D eigenvalue weighted by molar-refractivity contribution is 9.10. The molecule has 0 unspecified atom stereocenters. The molecule has 0 radical (unpaired) electrons. The van der Waals surface area contributed by atoms with Crippen molar-refractivity contribution in [2.24, 2.45) is 0 Å². The summed E-state index contributed by atoms with van der Waals surface area (Å²) < 4.78 is 6.25. The van der Waals surface area contributed by atoms with Crippen molar-refractivity contribution in [2.75, 3.05) is 13.2 Å². The molecule has 18 heavy (non-hydrogen) atoms. The first-order valence-electron chi connectivity index (χ1n) is 5.60. The minimum Gasteiger partial charge on any atom is -0.484 e. The normalized spacial score (nSPS) is 18.3. The Morgan fingerprint density at radius 2 is 2.17 bits per heavy atom. The highest BCUT2D eigenvalue weighted by atomic mass is 79.9. The van der Waals surface area contributed by atoms with Crippen molar-refractivity contribution in [3.63, 3.8) is 0 Å². The number of benzene rings is 1. The van der Waals surface area contributed by atoms with Gasteiger partial charge in [0.1, 0.15) is 11.8 Å². The van der Waals surface area contributed by atoms with Gasteiger partial charge in [-0.1, -0.05) is 15.9 Å². The third kappa shape index (κ3) is 3.46. The maximum absolute atomic E-state index is 11.6. The van der Waals surface area contributed by atoms with Crippen LogP contribution in [-0.2, 0) is 9.59 Å². The van der Waals surface area contributed by atoms with Crippen molar-refractivity contribution >= 4 is 27.7 Å². The van der Waals surface area contributed by atoms with Gasteiger partial charge in [0.25, 0.3) is 5.91 Å². The molecule has 0 bridgehead atoms. The van der Waals surface area contributed by atoms with E-state index in [4.69, 9.17) is 4.74 Å². The van der Waals surface area contributed by atoms with Crippen LogP contribution in [0.3, 0.4) is 0 Å². The van der Waals surface area contributed by atoms with Crippen molar-refractivity contribution in [1.29, 1.82) is 0 Å². The van der Waals surface area contributed by atoms with E-state index < -0.39 is 6.04 Å². The minimum atomic E-state index is -0.425. The maximum Gasteiger partial charge on any atom is 0.258 e. The zero-order valence-electron chi connectivity index (χ0n) is 9.61. The molecule has 5 nitrogen and oxygen atoms in total. The molecule has 0 spiro atoms. The van der Waals surface area contributed by atoms with E-state index in [0.29, 0.717) is 18.7 Å². The number of rotatable bonds is 4. The topological polar surface area (TPSA) is 67.4 Å². The third-order valence-corrected chi connectivity index (χ3v) is 3.10. The van der Waals surface area contributed by atoms with Gasteiger partial charge in [-0.2, -0.15) is 0 Å². The number of ether oxygens (including phenoxy) is 1. The number of nitrogens with one attached hydrogen (secondary N) is 2. The Morgan fingerprint density at radius 3 is 2.78 bits per heavy atom. The molecule has 1 aromatic carbocycles. The lowest BCUT2D eigenvalue weighted by atomic mass is 10.2. The zero-order chi connectivity index (χ0) is 13.0. The molecule has 1 aromatic rings. The zero-order valence-corrected chi connectivity index (χ0v) is 11.2. The van der Waals surface area contributed by atoms with E-state index in [1.165, 1.54) is 0 Å². The summed E-state index contributed by atoms with van der Waals surface area (Å²) in [6.45, 7) is 0.517. The number of carbonyl (C=O) groups excluding carboxylic acids is 2. The van der Waals surface area contributed by atoms with E-state index in [1.54, 1.807) is 12.1 Å². The van der Waals surface area contributed by atoms with Crippen LogP contribution in [0.4, 0.5) is 0 Å². The van der Waals surface area contributed by atoms with E-state index in [2.05, 4.69) is 26.6 Å². The molecule has 0 saturated carbocycles. The molecule has 0 aliphatic carbocycles. The second-order valence-electron chi connectivity index (χ2n) is 3.94. The largest absolute Gasteiger partial charge is 0.484 e. The summed E-state index contributed by atoms with van der Waals surface area (Å²) in [4.78, 5) is 22.8. The summed E-state index contributed by atoms with van der Waals surface area (Å²) in [7, 11) is 0. The lowest BCUT2D eigenvalue weighted by Gasteiger charge is -2.10. The summed E-state index contributed by atoms with van der Waals surface area (Å²) in [6.07, 6.45) is 0.628. The van der Waals surface area contributed by atoms with Gasteiger partial charge >= 0.3 is 0 Å². The molecular formula is C12H13BrN2O3. The number of carbonyl (C=O) groups is 2. The Morgan fingerprint density at radius 1 is 1.44 bits per heavy atom. The molecule has 1 fully saturated rings. The van der Waals surface area contributed by atoms with Crippen LogP contribution < -0.4 is 15.4 Å². The fraction of sp³-hybridized carbons (Fsp3) is 0.333. The fourth-order valence-electron chi connectivity index (χ4n) is 1.65. The predicted molar refractivity (Wildman–Crippen MR) is 69.2 cm³/mol. The summed E-state index contributed by atoms with van der Waals surface area (Å²) in [5.74, 6) is 0.191. The van der Waals surface area contributed by atoms with Gasteiger partial charge in [0.2, 0.25) is 5.91 Å². The van der Waals surface area contributed by atoms with E-state index in [9.17, 15) is 9.59 Å². The first kappa shape index (κ1) is 12.9. The first-order valence-corrected chi connectivity index (χ1v) is 6.40. The Labute approximate surface area is 113 Å². The number of hydrogen-bond donors (Lipinski definition) is 2. The molecule has 0 aromatic heterocycles. The summed E-state index contributed by atoms with van der Waals surface area (Å²) in [6, 6.07) is 6.76. The molecule has 2 amide bonds. The molecule has 1 saturated heterocycles. The van der Waals surface area contributed by atoms with Gasteiger partial charge in [-0.15, -0.1) is 0 Å². The molecule has 1 heterocycles. The highest BCUT2D eigenvalue weighted by Gasteiger charge is 2.25. The second kappa shape index (κ2) is 5.86. The molecule has 6 heteroatoms. The van der Waals surface area contributed by atoms with Crippen molar-refractivity contribution < 1.29 is 14.3 Å². The van der Waals surface area contributed by atoms with Crippen molar-refractivity contribution in [3.8, 4) is 5.75 Å². The van der Waals surface area contributed by atoms with Crippen LogP contribution in [-0.4, -0.2) is 31.0 Å². The monoisotopic (exact) mass is 312 g/mol. The first-order chi connectivity index (χ1) is 8.65. The molecular weight excluding hydrogens is 300 g/mol. The van der Waals surface area contributed by atoms with Gasteiger partial charge in [0.15, 0.2) is 6.61 Å². The molecule has 1 aliphatic rings. The average Bonchev–Trinajstić information content (AvgIpc) is 2.74. The summed E-state index contributed by atoms with van der Waals surface area (Å²) in [5.41, 5.74) is 0. The number of amides is 2. The average molecular weight is 313 g/mol. The Kier molecular flexibility index (Phi) is 4.19. The van der Waals surface area contributed by atoms with Crippen LogP contribution in [0.15, 0.2) is 28.7 Å². The smallest absolute Gasteiger partial charge is 0.258 e. The second-order valence-corrected chi connectivity index (χ2v) is 4.86. The maximum atomic E-state index is 11.6. The standard InChI is InChI=1S/C12H13BrN2O3/c13-8-1-3-9(4-2-8)18-7-11(16)15-10-5-6-14-12(10)17/h1-4,10H,5-7H2,(H,14,17)(H,15,16)/t10-/m0/s1. The van der Waals surface area contributed by atoms with E-state index in [0.717, 1.165) is 4.47 Å². The van der Waals surface area contributed by atoms with Crippen LogP contribution in [0.25, 0.3) is 0 Å². The van der Waals surface area contributed by atoms with E-state index in [-0.39, 0.29) is 18.4 Å². The Balaban J connectivity index is 1.78. The molecule has 2 rings (SSSR count). The van der Waals surface area contributed by atoms with Crippen molar-refractivity contribution in [1.82, 2.24) is 10.6 Å². The van der Waals surface area contributed by atoms with Gasteiger partial charge in [0.05, 0.1) is 0 Å². The SMILES string of the molecule is O=C(COc1ccc(Br)cc1)N[C@H]1CCNC1=O. The third-order valence-electron chi connectivity index (χ3n) is 2.57. The van der Waals surface area contributed by atoms with E-state index in [1.807, 2.05) is 12.1 Å². The lowest BCUT2D eigenvalue weighted by molar-refractivity contribution is -0.128. The van der Waals surface area contributed by atoms with Crippen LogP contribution in [0.5, 0.6) is 5.75 Å². The summed E-state index contributed by atoms with van der Waals surface area (Å²) in [5, 5.41) is 5.28. The van der Waals surface area contributed by atoms with Crippen molar-refractivity contribution in [3.05, 3.63) is 28.7 Å². The highest BCUT2D eigenvalue weighted by Crippen LogP contribution is 2.15. The molecule has 1 aliphatic heterocycles. The minimum absolute atomic E-state index is 0.0919. The Hall–Kier alpha value is -1.56. The van der Waals surface area contributed by atoms with Gasteiger partial charge in [-0.3, -0.25) is 9.59 Å². The fourth-order valence-corrected chi connectivity index (χ4v) is 1.91.